The van der Waals surface area contributed by atoms with Gasteiger partial charge >= 0.3 is 17.9 Å². The highest BCUT2D eigenvalue weighted by Crippen LogP contribution is 2.42. The highest BCUT2D eigenvalue weighted by atomic mass is 16.6. The fourth-order valence-electron chi connectivity index (χ4n) is 3.73. The molecule has 170 valence electrons. The van der Waals surface area contributed by atoms with E-state index in [1.165, 1.54) is 27.9 Å². The van der Waals surface area contributed by atoms with Crippen LogP contribution >= 0.6 is 0 Å². The first-order chi connectivity index (χ1) is 15.3. The van der Waals surface area contributed by atoms with Gasteiger partial charge in [0.1, 0.15) is 24.6 Å². The Kier molecular flexibility index (Phi) is 7.48. The fraction of sp³-hybridized carbons (Fsp3) is 0.375. The van der Waals surface area contributed by atoms with Gasteiger partial charge in [-0.2, -0.15) is 0 Å². The van der Waals surface area contributed by atoms with Crippen LogP contribution in [0.3, 0.4) is 0 Å². The van der Waals surface area contributed by atoms with Crippen LogP contribution in [0.5, 0.6) is 5.75 Å². The van der Waals surface area contributed by atoms with Gasteiger partial charge in [0, 0.05) is 26.3 Å². The number of methoxy groups -OCH3 is 1. The van der Waals surface area contributed by atoms with Gasteiger partial charge in [0.25, 0.3) is 0 Å². The predicted octanol–water partition coefficient (Wildman–Crippen LogP) is 3.23. The number of carbonyl (C=O) groups is 3. The molecule has 4 atom stereocenters. The predicted molar refractivity (Wildman–Crippen MR) is 114 cm³/mol. The molecule has 0 bridgehead atoms. The highest BCUT2D eigenvalue weighted by molar-refractivity contribution is 5.69. The minimum atomic E-state index is -0.967. The van der Waals surface area contributed by atoms with Crippen LogP contribution in [0.4, 0.5) is 0 Å². The normalized spacial score (nSPS) is 22.1. The van der Waals surface area contributed by atoms with Crippen molar-refractivity contribution >= 4 is 17.9 Å². The molecule has 8 heteroatoms. The zero-order chi connectivity index (χ0) is 23.3. The Hall–Kier alpha value is -3.39. The Morgan fingerprint density at radius 2 is 1.50 bits per heavy atom. The maximum Gasteiger partial charge on any atom is 0.303 e. The molecular weight excluding hydrogens is 416 g/mol. The lowest BCUT2D eigenvalue weighted by Crippen LogP contribution is -2.40. The molecule has 8 nitrogen and oxygen atoms in total. The smallest absolute Gasteiger partial charge is 0.303 e. The SMILES string of the molecule is COc1ccc(-c2ccccc2)cc1[C@@H]1O[C@H](COC(C)=O)[C@@H](OC(C)=O)[C@H]1OC(C)=O. The minimum absolute atomic E-state index is 0.164. The first kappa shape index (κ1) is 23.3. The molecule has 1 heterocycles. The molecule has 0 saturated carbocycles. The summed E-state index contributed by atoms with van der Waals surface area (Å²) in [7, 11) is 1.52. The van der Waals surface area contributed by atoms with Gasteiger partial charge in [0.2, 0.25) is 0 Å². The second-order valence-corrected chi connectivity index (χ2v) is 7.37. The van der Waals surface area contributed by atoms with Crippen molar-refractivity contribution in [2.24, 2.45) is 0 Å². The van der Waals surface area contributed by atoms with Crippen LogP contribution in [-0.2, 0) is 33.3 Å². The molecule has 0 aliphatic carbocycles. The van der Waals surface area contributed by atoms with Gasteiger partial charge in [0.15, 0.2) is 12.2 Å². The van der Waals surface area contributed by atoms with Crippen LogP contribution in [-0.4, -0.2) is 49.9 Å². The maximum atomic E-state index is 11.9. The average molecular weight is 442 g/mol. The van der Waals surface area contributed by atoms with E-state index in [1.807, 2.05) is 42.5 Å². The third-order valence-electron chi connectivity index (χ3n) is 5.01. The second kappa shape index (κ2) is 10.3. The van der Waals surface area contributed by atoms with Crippen LogP contribution in [0.1, 0.15) is 32.4 Å². The maximum absolute atomic E-state index is 11.9. The van der Waals surface area contributed by atoms with Crippen molar-refractivity contribution in [3.8, 4) is 16.9 Å². The molecule has 1 fully saturated rings. The Balaban J connectivity index is 2.05. The summed E-state index contributed by atoms with van der Waals surface area (Å²) in [5.41, 5.74) is 2.49. The third kappa shape index (κ3) is 5.45. The monoisotopic (exact) mass is 442 g/mol. The molecular formula is C24H26O8. The van der Waals surface area contributed by atoms with Crippen molar-refractivity contribution in [3.63, 3.8) is 0 Å². The van der Waals surface area contributed by atoms with E-state index >= 15 is 0 Å². The van der Waals surface area contributed by atoms with E-state index in [-0.39, 0.29) is 6.61 Å². The summed E-state index contributed by atoms with van der Waals surface area (Å²) in [6, 6.07) is 15.3. The lowest BCUT2D eigenvalue weighted by molar-refractivity contribution is -0.165. The van der Waals surface area contributed by atoms with Crippen LogP contribution < -0.4 is 4.74 Å². The molecule has 1 aliphatic rings. The van der Waals surface area contributed by atoms with Gasteiger partial charge in [-0.1, -0.05) is 36.4 Å². The molecule has 2 aromatic rings. The van der Waals surface area contributed by atoms with Crippen molar-refractivity contribution < 1.29 is 38.1 Å². The zero-order valence-electron chi connectivity index (χ0n) is 18.4. The number of carbonyl (C=O) groups excluding carboxylic acids is 3. The van der Waals surface area contributed by atoms with Crippen molar-refractivity contribution in [1.29, 1.82) is 0 Å². The quantitative estimate of drug-likeness (QED) is 0.476. The van der Waals surface area contributed by atoms with Gasteiger partial charge < -0.3 is 23.7 Å². The van der Waals surface area contributed by atoms with Gasteiger partial charge in [-0.15, -0.1) is 0 Å². The summed E-state index contributed by atoms with van der Waals surface area (Å²) in [4.78, 5) is 35.0. The van der Waals surface area contributed by atoms with Crippen molar-refractivity contribution in [3.05, 3.63) is 54.1 Å². The average Bonchev–Trinajstić information content (AvgIpc) is 3.08. The molecule has 0 spiro atoms. The molecule has 0 N–H and O–H groups in total. The zero-order valence-corrected chi connectivity index (χ0v) is 18.4. The number of hydrogen-bond donors (Lipinski definition) is 0. The molecule has 0 unspecified atom stereocenters. The van der Waals surface area contributed by atoms with Crippen LogP contribution in [0.2, 0.25) is 0 Å². The molecule has 0 aromatic heterocycles. The van der Waals surface area contributed by atoms with E-state index < -0.39 is 42.3 Å². The molecule has 1 saturated heterocycles. The van der Waals surface area contributed by atoms with E-state index in [0.29, 0.717) is 11.3 Å². The lowest BCUT2D eigenvalue weighted by Gasteiger charge is -2.24. The Morgan fingerprint density at radius 3 is 2.09 bits per heavy atom. The van der Waals surface area contributed by atoms with Crippen LogP contribution in [0.25, 0.3) is 11.1 Å². The minimum Gasteiger partial charge on any atom is -0.496 e. The summed E-state index contributed by atoms with van der Waals surface area (Å²) >= 11 is 0. The van der Waals surface area contributed by atoms with E-state index in [9.17, 15) is 14.4 Å². The topological polar surface area (TPSA) is 97.4 Å². The molecule has 3 rings (SSSR count). The van der Waals surface area contributed by atoms with Crippen molar-refractivity contribution in [2.45, 2.75) is 45.2 Å². The van der Waals surface area contributed by atoms with Crippen molar-refractivity contribution in [1.82, 2.24) is 0 Å². The Morgan fingerprint density at radius 1 is 0.844 bits per heavy atom. The summed E-state index contributed by atoms with van der Waals surface area (Å²) in [6.07, 6.45) is -3.58. The van der Waals surface area contributed by atoms with Crippen LogP contribution in [0.15, 0.2) is 48.5 Å². The summed E-state index contributed by atoms with van der Waals surface area (Å²) in [5.74, 6) is -1.13. The van der Waals surface area contributed by atoms with Gasteiger partial charge in [-0.25, -0.2) is 0 Å². The standard InChI is InChI=1S/C24H26O8/c1-14(25)29-13-21-23(30-15(2)26)24(31-16(3)27)22(32-21)19-12-18(10-11-20(19)28-4)17-8-6-5-7-9-17/h5-12,21-24H,13H2,1-4H3/t21-,22+,23-,24+/m1/s1. The van der Waals surface area contributed by atoms with E-state index in [1.54, 1.807) is 6.07 Å². The first-order valence-corrected chi connectivity index (χ1v) is 10.2. The van der Waals surface area contributed by atoms with E-state index in [4.69, 9.17) is 23.7 Å². The summed E-state index contributed by atoms with van der Waals surface area (Å²) < 4.78 is 27.8. The third-order valence-corrected chi connectivity index (χ3v) is 5.01. The summed E-state index contributed by atoms with van der Waals surface area (Å²) in [5, 5.41) is 0. The fourth-order valence-corrected chi connectivity index (χ4v) is 3.73. The Labute approximate surface area is 186 Å². The lowest BCUT2D eigenvalue weighted by atomic mass is 9.96. The largest absolute Gasteiger partial charge is 0.496 e. The number of esters is 3. The second-order valence-electron chi connectivity index (χ2n) is 7.37. The van der Waals surface area contributed by atoms with Crippen molar-refractivity contribution in [2.75, 3.05) is 13.7 Å². The molecule has 1 aliphatic heterocycles. The number of rotatable bonds is 7. The molecule has 0 amide bonds. The molecule has 32 heavy (non-hydrogen) atoms. The van der Waals surface area contributed by atoms with E-state index in [0.717, 1.165) is 11.1 Å². The van der Waals surface area contributed by atoms with Gasteiger partial charge in [-0.05, 0) is 23.3 Å². The molecule has 2 aromatic carbocycles. The highest BCUT2D eigenvalue weighted by Gasteiger charge is 2.51. The molecule has 0 radical (unpaired) electrons. The van der Waals surface area contributed by atoms with Gasteiger partial charge in [0.05, 0.1) is 7.11 Å². The van der Waals surface area contributed by atoms with Gasteiger partial charge in [-0.3, -0.25) is 14.4 Å². The number of benzene rings is 2. The first-order valence-electron chi connectivity index (χ1n) is 10.2. The van der Waals surface area contributed by atoms with E-state index in [2.05, 4.69) is 0 Å². The number of hydrogen-bond acceptors (Lipinski definition) is 8. The van der Waals surface area contributed by atoms with Crippen LogP contribution in [0, 0.1) is 0 Å². The number of ether oxygens (including phenoxy) is 5. The summed E-state index contributed by atoms with van der Waals surface area (Å²) in [6.45, 7) is 3.61. The Bertz CT molecular complexity index is 971.